The lowest BCUT2D eigenvalue weighted by molar-refractivity contribution is -0.114. The van der Waals surface area contributed by atoms with Crippen molar-refractivity contribution in [3.63, 3.8) is 0 Å². The fourth-order valence-electron chi connectivity index (χ4n) is 2.68. The maximum Gasteiger partial charge on any atom is 0.246 e. The number of amides is 1. The molecule has 10 heteroatoms. The molecule has 0 bridgehead atoms. The number of carbonyl (C=O) groups is 1. The van der Waals surface area contributed by atoms with Crippen LogP contribution in [0.5, 0.6) is 0 Å². The lowest BCUT2D eigenvalue weighted by Crippen LogP contribution is -2.53. The Morgan fingerprint density at radius 3 is 2.56 bits per heavy atom. The zero-order valence-electron chi connectivity index (χ0n) is 14.2. The molecule has 1 fully saturated rings. The minimum Gasteiger partial charge on any atom is -0.327 e. The molecule has 0 spiro atoms. The molecule has 0 aliphatic carbocycles. The molecule has 0 aromatic heterocycles. The lowest BCUT2D eigenvalue weighted by atomic mass is 9.81. The van der Waals surface area contributed by atoms with E-state index in [2.05, 4.69) is 5.32 Å². The Balaban J connectivity index is 0.00000312. The number of hydrogen-bond acceptors (Lipinski definition) is 4. The van der Waals surface area contributed by atoms with E-state index in [1.165, 1.54) is 11.2 Å². The summed E-state index contributed by atoms with van der Waals surface area (Å²) >= 11 is 5.99. The molecule has 3 N–H and O–H groups in total. The van der Waals surface area contributed by atoms with Gasteiger partial charge in [0.1, 0.15) is 10.7 Å². The predicted octanol–water partition coefficient (Wildman–Crippen LogP) is 2.61. The van der Waals surface area contributed by atoms with E-state index in [0.29, 0.717) is 6.42 Å². The van der Waals surface area contributed by atoms with Crippen molar-refractivity contribution in [3.05, 3.63) is 23.0 Å². The average molecular weight is 414 g/mol. The van der Waals surface area contributed by atoms with Gasteiger partial charge in [0, 0.05) is 32.1 Å². The summed E-state index contributed by atoms with van der Waals surface area (Å²) in [5.74, 6) is -1.39. The van der Waals surface area contributed by atoms with Gasteiger partial charge in [-0.05, 0) is 17.9 Å². The topological polar surface area (TPSA) is 92.5 Å². The van der Waals surface area contributed by atoms with Crippen LogP contribution in [0.1, 0.15) is 27.2 Å². The summed E-state index contributed by atoms with van der Waals surface area (Å²) < 4.78 is 41.2. The molecule has 1 heterocycles. The average Bonchev–Trinajstić information content (AvgIpc) is 2.44. The third kappa shape index (κ3) is 4.62. The lowest BCUT2D eigenvalue weighted by Gasteiger charge is -2.41. The van der Waals surface area contributed by atoms with Gasteiger partial charge in [0.25, 0.3) is 0 Å². The number of nitrogens with two attached hydrogens (primary N) is 1. The first kappa shape index (κ1) is 22.1. The first-order chi connectivity index (χ1) is 10.9. The summed E-state index contributed by atoms with van der Waals surface area (Å²) in [6.45, 7) is 5.42. The van der Waals surface area contributed by atoms with E-state index >= 15 is 0 Å². The van der Waals surface area contributed by atoms with Crippen LogP contribution in [0.2, 0.25) is 5.02 Å². The van der Waals surface area contributed by atoms with Gasteiger partial charge in [0.05, 0.1) is 10.7 Å². The molecule has 1 saturated heterocycles. The highest BCUT2D eigenvalue weighted by Gasteiger charge is 2.39. The molecular formula is C15H22Cl2FN3O3S. The third-order valence-corrected chi connectivity index (χ3v) is 6.40. The van der Waals surface area contributed by atoms with Gasteiger partial charge in [-0.2, -0.15) is 4.31 Å². The summed E-state index contributed by atoms with van der Waals surface area (Å²) in [4.78, 5) is 10.6. The number of piperidine rings is 1. The van der Waals surface area contributed by atoms with E-state index in [1.54, 1.807) is 0 Å². The van der Waals surface area contributed by atoms with Crippen LogP contribution in [0.15, 0.2) is 17.0 Å². The van der Waals surface area contributed by atoms with Crippen molar-refractivity contribution in [2.75, 3.05) is 18.4 Å². The summed E-state index contributed by atoms with van der Waals surface area (Å²) in [6.07, 6.45) is 0.492. The van der Waals surface area contributed by atoms with Crippen LogP contribution in [0.3, 0.4) is 0 Å². The maximum absolute atomic E-state index is 14.4. The number of sulfonamides is 1. The number of carbonyl (C=O) groups excluding carboxylic acids is 1. The maximum atomic E-state index is 14.4. The van der Waals surface area contributed by atoms with Crippen LogP contribution >= 0.6 is 24.0 Å². The molecule has 142 valence electrons. The standard InChI is InChI=1S/C15H21ClFN3O3S.ClH/c1-9(21)19-12-7-11(17)13(6-10(12)16)24(22,23)20-5-4-14(18)15(2,3)8-20;/h6-7,14H,4-5,8,18H2,1-3H3,(H,19,21);1H. The summed E-state index contributed by atoms with van der Waals surface area (Å²) in [6, 6.07) is 1.82. The predicted molar refractivity (Wildman–Crippen MR) is 98.1 cm³/mol. The van der Waals surface area contributed by atoms with E-state index < -0.39 is 32.1 Å². The van der Waals surface area contributed by atoms with Crippen molar-refractivity contribution >= 4 is 45.6 Å². The number of nitrogens with zero attached hydrogens (tertiary/aromatic N) is 1. The van der Waals surface area contributed by atoms with Crippen LogP contribution in [-0.4, -0.2) is 37.8 Å². The second kappa shape index (κ2) is 7.75. The molecule has 25 heavy (non-hydrogen) atoms. The minimum absolute atomic E-state index is 0. The zero-order valence-corrected chi connectivity index (χ0v) is 16.6. The Labute approximate surface area is 158 Å². The van der Waals surface area contributed by atoms with Crippen molar-refractivity contribution in [1.29, 1.82) is 0 Å². The van der Waals surface area contributed by atoms with Crippen LogP contribution in [0, 0.1) is 11.2 Å². The number of benzene rings is 1. The van der Waals surface area contributed by atoms with E-state index in [-0.39, 0.29) is 42.2 Å². The first-order valence-corrected chi connectivity index (χ1v) is 9.29. The second-order valence-electron chi connectivity index (χ2n) is 6.67. The molecule has 1 aromatic carbocycles. The van der Waals surface area contributed by atoms with Crippen molar-refractivity contribution in [1.82, 2.24) is 4.31 Å². The highest BCUT2D eigenvalue weighted by molar-refractivity contribution is 7.89. The van der Waals surface area contributed by atoms with Gasteiger partial charge >= 0.3 is 0 Å². The van der Waals surface area contributed by atoms with Crippen LogP contribution < -0.4 is 11.1 Å². The number of halogens is 3. The second-order valence-corrected chi connectivity index (χ2v) is 8.98. The first-order valence-electron chi connectivity index (χ1n) is 7.47. The minimum atomic E-state index is -4.05. The number of anilines is 1. The molecule has 1 aromatic rings. The molecule has 1 atom stereocenters. The Kier molecular flexibility index (Phi) is 6.86. The van der Waals surface area contributed by atoms with E-state index in [0.717, 1.165) is 12.1 Å². The Morgan fingerprint density at radius 2 is 2.04 bits per heavy atom. The molecular weight excluding hydrogens is 392 g/mol. The molecule has 2 rings (SSSR count). The third-order valence-electron chi connectivity index (χ3n) is 4.23. The molecule has 1 aliphatic heterocycles. The van der Waals surface area contributed by atoms with Gasteiger partial charge in [-0.15, -0.1) is 12.4 Å². The van der Waals surface area contributed by atoms with Gasteiger partial charge in [0.2, 0.25) is 15.9 Å². The van der Waals surface area contributed by atoms with Crippen LogP contribution in [0.4, 0.5) is 10.1 Å². The highest BCUT2D eigenvalue weighted by Crippen LogP contribution is 2.34. The zero-order chi connectivity index (χ0) is 18.3. The quantitative estimate of drug-likeness (QED) is 0.796. The molecule has 1 aliphatic rings. The van der Waals surface area contributed by atoms with Gasteiger partial charge in [-0.25, -0.2) is 12.8 Å². The normalized spacial score (nSPS) is 20.6. The molecule has 1 unspecified atom stereocenters. The monoisotopic (exact) mass is 413 g/mol. The van der Waals surface area contributed by atoms with E-state index in [4.69, 9.17) is 17.3 Å². The number of rotatable bonds is 3. The summed E-state index contributed by atoms with van der Waals surface area (Å²) in [5.41, 5.74) is 5.63. The Morgan fingerprint density at radius 1 is 1.44 bits per heavy atom. The van der Waals surface area contributed by atoms with Crippen LogP contribution in [0.25, 0.3) is 0 Å². The van der Waals surface area contributed by atoms with E-state index in [9.17, 15) is 17.6 Å². The van der Waals surface area contributed by atoms with Gasteiger partial charge < -0.3 is 11.1 Å². The van der Waals surface area contributed by atoms with E-state index in [1.807, 2.05) is 13.8 Å². The van der Waals surface area contributed by atoms with Gasteiger partial charge in [-0.3, -0.25) is 4.79 Å². The summed E-state index contributed by atoms with van der Waals surface area (Å²) in [5, 5.41) is 2.31. The largest absolute Gasteiger partial charge is 0.327 e. The fourth-order valence-corrected chi connectivity index (χ4v) is 4.65. The van der Waals surface area contributed by atoms with Crippen molar-refractivity contribution < 1.29 is 17.6 Å². The fraction of sp³-hybridized carbons (Fsp3) is 0.533. The smallest absolute Gasteiger partial charge is 0.246 e. The van der Waals surface area contributed by atoms with Crippen LogP contribution in [-0.2, 0) is 14.8 Å². The number of hydrogen-bond donors (Lipinski definition) is 2. The van der Waals surface area contributed by atoms with Gasteiger partial charge in [-0.1, -0.05) is 25.4 Å². The van der Waals surface area contributed by atoms with Crippen molar-refractivity contribution in [2.45, 2.75) is 38.1 Å². The molecule has 1 amide bonds. The van der Waals surface area contributed by atoms with Crippen molar-refractivity contribution in [2.24, 2.45) is 11.1 Å². The Bertz CT molecular complexity index is 772. The van der Waals surface area contributed by atoms with Gasteiger partial charge in [0.15, 0.2) is 0 Å². The number of nitrogens with one attached hydrogen (secondary N) is 1. The summed E-state index contributed by atoms with van der Waals surface area (Å²) in [7, 11) is -4.05. The molecule has 0 saturated carbocycles. The SMILES string of the molecule is CC(=O)Nc1cc(F)c(S(=O)(=O)N2CCC(N)C(C)(C)C2)cc1Cl.Cl. The molecule has 0 radical (unpaired) electrons. The highest BCUT2D eigenvalue weighted by atomic mass is 35.5. The van der Waals surface area contributed by atoms with Crippen molar-refractivity contribution in [3.8, 4) is 0 Å². The molecule has 6 nitrogen and oxygen atoms in total. The Hall–Kier alpha value is -0.930.